The average Bonchev–Trinajstić information content (AvgIpc) is 2.20. The molecule has 0 radical (unpaired) electrons. The lowest BCUT2D eigenvalue weighted by Crippen LogP contribution is -2.24. The molecule has 0 saturated carbocycles. The first kappa shape index (κ1) is 17.0. The molecule has 0 fully saturated rings. The quantitative estimate of drug-likeness (QED) is 0.829. The van der Waals surface area contributed by atoms with E-state index in [0.717, 1.165) is 6.42 Å². The van der Waals surface area contributed by atoms with Crippen molar-refractivity contribution in [1.29, 1.82) is 0 Å². The Bertz CT molecular complexity index is 484. The first-order chi connectivity index (χ1) is 9.00. The number of phenolic OH excluding ortho intramolecular Hbond substituents is 1. The Morgan fingerprint density at radius 3 is 2.35 bits per heavy atom. The predicted octanol–water partition coefficient (Wildman–Crippen LogP) is 5.01. The van der Waals surface area contributed by atoms with Gasteiger partial charge in [-0.15, -0.1) is 0 Å². The number of rotatable bonds is 5. The topological polar surface area (TPSA) is 37.3 Å². The Balaban J connectivity index is 2.70. The molecule has 0 atom stereocenters. The van der Waals surface area contributed by atoms with Gasteiger partial charge < -0.3 is 5.11 Å². The van der Waals surface area contributed by atoms with Crippen LogP contribution in [0.3, 0.4) is 0 Å². The van der Waals surface area contributed by atoms with Crippen LogP contribution in [0.15, 0.2) is 18.2 Å². The molecule has 0 saturated heterocycles. The second-order valence-electron chi connectivity index (χ2n) is 7.54. The Morgan fingerprint density at radius 1 is 1.20 bits per heavy atom. The summed E-state index contributed by atoms with van der Waals surface area (Å²) in [6.45, 7) is 10.8. The van der Waals surface area contributed by atoms with E-state index in [1.165, 1.54) is 0 Å². The van der Waals surface area contributed by atoms with Gasteiger partial charge in [0.05, 0.1) is 5.02 Å². The molecule has 1 N–H and O–H groups in total. The monoisotopic (exact) mass is 296 g/mol. The zero-order valence-electron chi connectivity index (χ0n) is 13.1. The SMILES string of the molecule is CC(C)(C)CC(C)(C)CC(=O)Cc1cccc(Cl)c1O. The maximum atomic E-state index is 12.2. The molecule has 1 rings (SSSR count). The lowest BCUT2D eigenvalue weighted by atomic mass is 9.73. The summed E-state index contributed by atoms with van der Waals surface area (Å²) in [6.07, 6.45) is 1.73. The highest BCUT2D eigenvalue weighted by molar-refractivity contribution is 6.32. The van der Waals surface area contributed by atoms with Gasteiger partial charge in [0.1, 0.15) is 11.5 Å². The van der Waals surface area contributed by atoms with Crippen molar-refractivity contribution in [3.05, 3.63) is 28.8 Å². The van der Waals surface area contributed by atoms with Crippen molar-refractivity contribution < 1.29 is 9.90 Å². The molecule has 0 aliphatic carbocycles. The standard InChI is InChI=1S/C17H25ClO2/c1-16(2,3)11-17(4,5)10-13(19)9-12-7-6-8-14(18)15(12)20/h6-8,20H,9-11H2,1-5H3. The van der Waals surface area contributed by atoms with Crippen LogP contribution in [-0.4, -0.2) is 10.9 Å². The minimum atomic E-state index is -0.0382. The van der Waals surface area contributed by atoms with Crippen molar-refractivity contribution >= 4 is 17.4 Å². The number of carbonyl (C=O) groups excluding carboxylic acids is 1. The van der Waals surface area contributed by atoms with Gasteiger partial charge >= 0.3 is 0 Å². The van der Waals surface area contributed by atoms with Gasteiger partial charge in [-0.1, -0.05) is 58.4 Å². The van der Waals surface area contributed by atoms with E-state index in [-0.39, 0.29) is 28.8 Å². The van der Waals surface area contributed by atoms with Gasteiger partial charge in [-0.25, -0.2) is 0 Å². The van der Waals surface area contributed by atoms with Crippen molar-refractivity contribution in [2.45, 2.75) is 53.9 Å². The highest BCUT2D eigenvalue weighted by Crippen LogP contribution is 2.36. The third-order valence-electron chi connectivity index (χ3n) is 3.14. The van der Waals surface area contributed by atoms with Crippen molar-refractivity contribution in [2.24, 2.45) is 10.8 Å². The van der Waals surface area contributed by atoms with Gasteiger partial charge in [0.15, 0.2) is 0 Å². The van der Waals surface area contributed by atoms with Gasteiger partial charge in [-0.2, -0.15) is 0 Å². The molecule has 0 aliphatic heterocycles. The fourth-order valence-corrected chi connectivity index (χ4v) is 3.20. The molecule has 3 heteroatoms. The van der Waals surface area contributed by atoms with Crippen molar-refractivity contribution in [1.82, 2.24) is 0 Å². The summed E-state index contributed by atoms with van der Waals surface area (Å²) in [5.41, 5.74) is 0.764. The minimum absolute atomic E-state index is 0.0242. The number of halogens is 1. The summed E-state index contributed by atoms with van der Waals surface area (Å²) >= 11 is 5.86. The van der Waals surface area contributed by atoms with E-state index in [1.807, 2.05) is 0 Å². The Labute approximate surface area is 127 Å². The lowest BCUT2D eigenvalue weighted by Gasteiger charge is -2.32. The van der Waals surface area contributed by atoms with E-state index in [1.54, 1.807) is 18.2 Å². The van der Waals surface area contributed by atoms with Crippen LogP contribution in [0.4, 0.5) is 0 Å². The smallest absolute Gasteiger partial charge is 0.137 e. The van der Waals surface area contributed by atoms with Crippen LogP contribution in [-0.2, 0) is 11.2 Å². The van der Waals surface area contributed by atoms with Gasteiger partial charge in [-0.3, -0.25) is 4.79 Å². The molecule has 2 nitrogen and oxygen atoms in total. The molecule has 20 heavy (non-hydrogen) atoms. The third-order valence-corrected chi connectivity index (χ3v) is 3.45. The predicted molar refractivity (Wildman–Crippen MR) is 84.3 cm³/mol. The van der Waals surface area contributed by atoms with Crippen LogP contribution in [0.25, 0.3) is 0 Å². The summed E-state index contributed by atoms with van der Waals surface area (Å²) < 4.78 is 0. The molecular formula is C17H25ClO2. The number of phenols is 1. The molecule has 0 bridgehead atoms. The fraction of sp³-hybridized carbons (Fsp3) is 0.588. The molecule has 0 spiro atoms. The zero-order valence-corrected chi connectivity index (χ0v) is 13.8. The van der Waals surface area contributed by atoms with Crippen molar-refractivity contribution in [2.75, 3.05) is 0 Å². The normalized spacial score (nSPS) is 12.5. The van der Waals surface area contributed by atoms with Crippen LogP contribution in [0.1, 0.15) is 53.0 Å². The minimum Gasteiger partial charge on any atom is -0.506 e. The van der Waals surface area contributed by atoms with Crippen LogP contribution in [0, 0.1) is 10.8 Å². The number of Topliss-reactive ketones (excluding diaryl/α,β-unsaturated/α-hetero) is 1. The van der Waals surface area contributed by atoms with E-state index in [0.29, 0.717) is 17.0 Å². The molecule has 0 amide bonds. The number of carbonyl (C=O) groups is 1. The summed E-state index contributed by atoms with van der Waals surface area (Å²) in [4.78, 5) is 12.2. The number of para-hydroxylation sites is 1. The van der Waals surface area contributed by atoms with Crippen LogP contribution in [0.2, 0.25) is 5.02 Å². The first-order valence-electron chi connectivity index (χ1n) is 6.98. The maximum absolute atomic E-state index is 12.2. The highest BCUT2D eigenvalue weighted by atomic mass is 35.5. The number of hydrogen-bond donors (Lipinski definition) is 1. The molecule has 112 valence electrons. The zero-order chi connectivity index (χ0) is 15.6. The molecule has 1 aromatic carbocycles. The van der Waals surface area contributed by atoms with Gasteiger partial charge in [0.25, 0.3) is 0 Å². The Kier molecular flexibility index (Phi) is 5.26. The first-order valence-corrected chi connectivity index (χ1v) is 7.36. The van der Waals surface area contributed by atoms with Gasteiger partial charge in [0.2, 0.25) is 0 Å². The van der Waals surface area contributed by atoms with Crippen molar-refractivity contribution in [3.8, 4) is 5.75 Å². The van der Waals surface area contributed by atoms with Crippen LogP contribution < -0.4 is 0 Å². The second kappa shape index (κ2) is 6.17. The number of hydrogen-bond acceptors (Lipinski definition) is 2. The third kappa shape index (κ3) is 5.54. The second-order valence-corrected chi connectivity index (χ2v) is 7.95. The molecule has 0 unspecified atom stereocenters. The van der Waals surface area contributed by atoms with E-state index >= 15 is 0 Å². The lowest BCUT2D eigenvalue weighted by molar-refractivity contribution is -0.120. The molecule has 0 aliphatic rings. The van der Waals surface area contributed by atoms with Gasteiger partial charge in [0, 0.05) is 18.4 Å². The Morgan fingerprint density at radius 2 is 1.80 bits per heavy atom. The maximum Gasteiger partial charge on any atom is 0.137 e. The highest BCUT2D eigenvalue weighted by Gasteiger charge is 2.28. The largest absolute Gasteiger partial charge is 0.506 e. The summed E-state index contributed by atoms with van der Waals surface area (Å²) in [7, 11) is 0. The van der Waals surface area contributed by atoms with E-state index in [4.69, 9.17) is 11.6 Å². The van der Waals surface area contributed by atoms with E-state index in [2.05, 4.69) is 34.6 Å². The summed E-state index contributed by atoms with van der Waals surface area (Å²) in [5, 5.41) is 10.1. The number of benzene rings is 1. The number of aromatic hydroxyl groups is 1. The Hall–Kier alpha value is -1.02. The molecule has 0 aromatic heterocycles. The van der Waals surface area contributed by atoms with Crippen LogP contribution >= 0.6 is 11.6 Å². The van der Waals surface area contributed by atoms with Crippen LogP contribution in [0.5, 0.6) is 5.75 Å². The van der Waals surface area contributed by atoms with E-state index < -0.39 is 0 Å². The van der Waals surface area contributed by atoms with Crippen molar-refractivity contribution in [3.63, 3.8) is 0 Å². The molecular weight excluding hydrogens is 272 g/mol. The van der Waals surface area contributed by atoms with E-state index in [9.17, 15) is 9.90 Å². The number of ketones is 1. The average molecular weight is 297 g/mol. The molecule has 0 heterocycles. The summed E-state index contributed by atoms with van der Waals surface area (Å²) in [5.74, 6) is 0.160. The fourth-order valence-electron chi connectivity index (χ4n) is 3.01. The van der Waals surface area contributed by atoms with Gasteiger partial charge in [-0.05, 0) is 23.3 Å². The molecule has 1 aromatic rings. The summed E-state index contributed by atoms with van der Waals surface area (Å²) in [6, 6.07) is 5.12.